The smallest absolute Gasteiger partial charge is 0.349 e. The van der Waals surface area contributed by atoms with Gasteiger partial charge in [0.1, 0.15) is 4.88 Å². The van der Waals surface area contributed by atoms with Gasteiger partial charge < -0.3 is 19.5 Å². The zero-order valence-electron chi connectivity index (χ0n) is 15.2. The summed E-state index contributed by atoms with van der Waals surface area (Å²) in [5.74, 6) is 0.112. The number of methoxy groups -OCH3 is 2. The van der Waals surface area contributed by atoms with Crippen LogP contribution in [0.2, 0.25) is 0 Å². The number of anilines is 1. The number of nitrogens with one attached hydrogen (secondary N) is 1. The fourth-order valence-corrected chi connectivity index (χ4v) is 3.78. The highest BCUT2D eigenvalue weighted by Crippen LogP contribution is 2.31. The Kier molecular flexibility index (Phi) is 5.61. The van der Waals surface area contributed by atoms with Gasteiger partial charge in [-0.3, -0.25) is 4.79 Å². The predicted molar refractivity (Wildman–Crippen MR) is 105 cm³/mol. The normalized spacial score (nSPS) is 10.5. The van der Waals surface area contributed by atoms with Gasteiger partial charge in [0, 0.05) is 16.5 Å². The number of rotatable bonds is 6. The van der Waals surface area contributed by atoms with Crippen molar-refractivity contribution >= 4 is 39.0 Å². The first kappa shape index (κ1) is 18.7. The van der Waals surface area contributed by atoms with Crippen LogP contribution >= 0.6 is 11.3 Å². The lowest BCUT2D eigenvalue weighted by molar-refractivity contribution is -0.119. The molecule has 27 heavy (non-hydrogen) atoms. The van der Waals surface area contributed by atoms with Crippen LogP contribution in [0.25, 0.3) is 10.1 Å². The Hall–Kier alpha value is -3.06. The van der Waals surface area contributed by atoms with Crippen LogP contribution in [0.15, 0.2) is 42.5 Å². The summed E-state index contributed by atoms with van der Waals surface area (Å²) in [6.07, 6.45) is 0. The Labute approximate surface area is 160 Å². The summed E-state index contributed by atoms with van der Waals surface area (Å²) >= 11 is 1.36. The van der Waals surface area contributed by atoms with E-state index >= 15 is 0 Å². The van der Waals surface area contributed by atoms with Crippen LogP contribution in [0.5, 0.6) is 11.5 Å². The minimum absolute atomic E-state index is 0.374. The molecule has 3 rings (SSSR count). The highest BCUT2D eigenvalue weighted by atomic mass is 32.1. The van der Waals surface area contributed by atoms with Gasteiger partial charge in [-0.15, -0.1) is 11.3 Å². The summed E-state index contributed by atoms with van der Waals surface area (Å²) in [6.45, 7) is 1.50. The maximum atomic E-state index is 12.3. The van der Waals surface area contributed by atoms with Gasteiger partial charge >= 0.3 is 5.97 Å². The molecule has 7 heteroatoms. The third-order valence-electron chi connectivity index (χ3n) is 4.03. The molecular weight excluding hydrogens is 366 g/mol. The zero-order valence-corrected chi connectivity index (χ0v) is 16.0. The molecule has 1 amide bonds. The quantitative estimate of drug-likeness (QED) is 0.649. The molecule has 0 fully saturated rings. The van der Waals surface area contributed by atoms with Gasteiger partial charge in [0.25, 0.3) is 5.91 Å². The van der Waals surface area contributed by atoms with Crippen molar-refractivity contribution in [3.05, 3.63) is 52.9 Å². The highest BCUT2D eigenvalue weighted by molar-refractivity contribution is 7.21. The first-order valence-electron chi connectivity index (χ1n) is 8.20. The lowest BCUT2D eigenvalue weighted by Gasteiger charge is -2.10. The van der Waals surface area contributed by atoms with Gasteiger partial charge in [-0.05, 0) is 36.1 Å². The van der Waals surface area contributed by atoms with Gasteiger partial charge in [-0.1, -0.05) is 18.2 Å². The Morgan fingerprint density at radius 3 is 2.48 bits per heavy atom. The molecular formula is C20H19NO5S. The number of aryl methyl sites for hydroxylation is 1. The van der Waals surface area contributed by atoms with Crippen LogP contribution < -0.4 is 14.8 Å². The summed E-state index contributed by atoms with van der Waals surface area (Å²) in [6, 6.07) is 12.7. The lowest BCUT2D eigenvalue weighted by atomic mass is 10.1. The van der Waals surface area contributed by atoms with E-state index in [0.29, 0.717) is 22.1 Å². The maximum absolute atomic E-state index is 12.3. The standard InChI is InChI=1S/C20H19NO5S/c1-12-14-6-4-5-7-17(14)27-19(12)20(23)26-11-18(22)21-13-8-9-15(24-2)16(10-13)25-3/h4-10H,11H2,1-3H3,(H,21,22). The summed E-state index contributed by atoms with van der Waals surface area (Å²) in [7, 11) is 3.05. The molecule has 6 nitrogen and oxygen atoms in total. The van der Waals surface area contributed by atoms with Crippen molar-refractivity contribution in [3.8, 4) is 11.5 Å². The van der Waals surface area contributed by atoms with Crippen LogP contribution in [0, 0.1) is 6.92 Å². The largest absolute Gasteiger partial charge is 0.493 e. The number of thiophene rings is 1. The molecule has 0 atom stereocenters. The van der Waals surface area contributed by atoms with E-state index in [4.69, 9.17) is 14.2 Å². The molecule has 0 bridgehead atoms. The monoisotopic (exact) mass is 385 g/mol. The number of esters is 1. The maximum Gasteiger partial charge on any atom is 0.349 e. The topological polar surface area (TPSA) is 73.9 Å². The first-order valence-corrected chi connectivity index (χ1v) is 9.02. The van der Waals surface area contributed by atoms with Crippen molar-refractivity contribution < 1.29 is 23.8 Å². The second kappa shape index (κ2) is 8.09. The molecule has 0 unspecified atom stereocenters. The van der Waals surface area contributed by atoms with E-state index in [1.807, 2.05) is 31.2 Å². The molecule has 0 aliphatic rings. The van der Waals surface area contributed by atoms with Crippen molar-refractivity contribution in [2.24, 2.45) is 0 Å². The van der Waals surface area contributed by atoms with Gasteiger partial charge in [0.05, 0.1) is 14.2 Å². The Morgan fingerprint density at radius 1 is 1.04 bits per heavy atom. The molecule has 1 N–H and O–H groups in total. The van der Waals surface area contributed by atoms with Crippen LogP contribution in [-0.2, 0) is 9.53 Å². The SMILES string of the molecule is COc1ccc(NC(=O)COC(=O)c2sc3ccccc3c2C)cc1OC. The first-order chi connectivity index (χ1) is 13.0. The molecule has 0 saturated carbocycles. The average Bonchev–Trinajstić information content (AvgIpc) is 3.03. The number of amides is 1. The molecule has 1 aromatic heterocycles. The fraction of sp³-hybridized carbons (Fsp3) is 0.200. The number of ether oxygens (including phenoxy) is 3. The van der Waals surface area contributed by atoms with Crippen molar-refractivity contribution in [3.63, 3.8) is 0 Å². The minimum atomic E-state index is -0.504. The van der Waals surface area contributed by atoms with Crippen molar-refractivity contribution in [2.45, 2.75) is 6.92 Å². The van der Waals surface area contributed by atoms with E-state index in [9.17, 15) is 9.59 Å². The summed E-state index contributed by atoms with van der Waals surface area (Å²) in [5.41, 5.74) is 1.38. The predicted octanol–water partition coefficient (Wildman–Crippen LogP) is 4.02. The third kappa shape index (κ3) is 4.03. The Bertz CT molecular complexity index is 995. The fourth-order valence-electron chi connectivity index (χ4n) is 2.68. The summed E-state index contributed by atoms with van der Waals surface area (Å²) in [5, 5.41) is 3.69. The van der Waals surface area contributed by atoms with E-state index < -0.39 is 11.9 Å². The van der Waals surface area contributed by atoms with Gasteiger partial charge in [0.15, 0.2) is 18.1 Å². The molecule has 2 aromatic carbocycles. The third-order valence-corrected chi connectivity index (χ3v) is 5.28. The molecule has 0 aliphatic carbocycles. The van der Waals surface area contributed by atoms with E-state index in [-0.39, 0.29) is 6.61 Å². The van der Waals surface area contributed by atoms with Gasteiger partial charge in [-0.25, -0.2) is 4.79 Å². The average molecular weight is 385 g/mol. The van der Waals surface area contributed by atoms with Crippen LogP contribution in [0.1, 0.15) is 15.2 Å². The molecule has 0 spiro atoms. The van der Waals surface area contributed by atoms with E-state index in [2.05, 4.69) is 5.32 Å². The van der Waals surface area contributed by atoms with E-state index in [1.54, 1.807) is 18.2 Å². The van der Waals surface area contributed by atoms with Crippen LogP contribution in [0.4, 0.5) is 5.69 Å². The number of hydrogen-bond acceptors (Lipinski definition) is 6. The van der Waals surface area contributed by atoms with Crippen molar-refractivity contribution in [2.75, 3.05) is 26.1 Å². The van der Waals surface area contributed by atoms with Crippen molar-refractivity contribution in [1.29, 1.82) is 0 Å². The minimum Gasteiger partial charge on any atom is -0.493 e. The number of carbonyl (C=O) groups is 2. The van der Waals surface area contributed by atoms with E-state index in [1.165, 1.54) is 25.6 Å². The van der Waals surface area contributed by atoms with E-state index in [0.717, 1.165) is 15.6 Å². The highest BCUT2D eigenvalue weighted by Gasteiger charge is 2.18. The summed E-state index contributed by atoms with van der Waals surface area (Å²) in [4.78, 5) is 25.0. The number of carbonyl (C=O) groups excluding carboxylic acids is 2. The number of benzene rings is 2. The second-order valence-electron chi connectivity index (χ2n) is 5.75. The summed E-state index contributed by atoms with van der Waals surface area (Å²) < 4.78 is 16.5. The number of fused-ring (bicyclic) bond motifs is 1. The molecule has 0 radical (unpaired) electrons. The zero-order chi connectivity index (χ0) is 19.4. The Balaban J connectivity index is 1.63. The van der Waals surface area contributed by atoms with Crippen molar-refractivity contribution in [1.82, 2.24) is 0 Å². The van der Waals surface area contributed by atoms with Gasteiger partial charge in [0.2, 0.25) is 0 Å². The second-order valence-corrected chi connectivity index (χ2v) is 6.80. The number of hydrogen-bond donors (Lipinski definition) is 1. The lowest BCUT2D eigenvalue weighted by Crippen LogP contribution is -2.20. The van der Waals surface area contributed by atoms with Crippen LogP contribution in [0.3, 0.4) is 0 Å². The molecule has 0 aliphatic heterocycles. The molecule has 140 valence electrons. The van der Waals surface area contributed by atoms with Gasteiger partial charge in [-0.2, -0.15) is 0 Å². The molecule has 0 saturated heterocycles. The molecule has 1 heterocycles. The van der Waals surface area contributed by atoms with Crippen LogP contribution in [-0.4, -0.2) is 32.7 Å². The Morgan fingerprint density at radius 2 is 1.78 bits per heavy atom. The molecule has 3 aromatic rings.